The fourth-order valence-corrected chi connectivity index (χ4v) is 5.86. The molecule has 6 nitrogen and oxygen atoms in total. The monoisotopic (exact) mass is 401 g/mol. The molecule has 1 aromatic heterocycles. The number of urea groups is 1. The summed E-state index contributed by atoms with van der Waals surface area (Å²) < 4.78 is 0. The van der Waals surface area contributed by atoms with Crippen molar-refractivity contribution >= 4 is 29.2 Å². The molecule has 2 saturated heterocycles. The predicted molar refractivity (Wildman–Crippen MR) is 106 cm³/mol. The number of likely N-dealkylation sites (tertiary alicyclic amines) is 1. The SMILES string of the molecule is O=C1[C@@H]2[C@H](CCN2C(=O)C2CC2)N(Cc2cccs2)C(=O)N1C1CCCCC1. The first kappa shape index (κ1) is 18.2. The Balaban J connectivity index is 1.47. The largest absolute Gasteiger partial charge is 0.328 e. The van der Waals surface area contributed by atoms with Crippen LogP contribution in [0.5, 0.6) is 0 Å². The third-order valence-electron chi connectivity index (χ3n) is 6.76. The van der Waals surface area contributed by atoms with Crippen molar-refractivity contribution < 1.29 is 14.4 Å². The minimum atomic E-state index is -0.493. The second-order valence-electron chi connectivity index (χ2n) is 8.60. The first-order valence-electron chi connectivity index (χ1n) is 10.6. The molecular weight excluding hydrogens is 374 g/mol. The molecule has 1 aromatic rings. The smallest absolute Gasteiger partial charge is 0.327 e. The summed E-state index contributed by atoms with van der Waals surface area (Å²) in [6.07, 6.45) is 7.64. The average molecular weight is 402 g/mol. The van der Waals surface area contributed by atoms with Gasteiger partial charge in [0.05, 0.1) is 12.6 Å². The van der Waals surface area contributed by atoms with Crippen molar-refractivity contribution in [1.29, 1.82) is 0 Å². The molecule has 4 fully saturated rings. The number of carbonyl (C=O) groups is 3. The number of nitrogens with zero attached hydrogens (tertiary/aromatic N) is 3. The molecule has 4 amide bonds. The van der Waals surface area contributed by atoms with E-state index in [-0.39, 0.29) is 35.8 Å². The molecule has 0 bridgehead atoms. The molecule has 7 heteroatoms. The van der Waals surface area contributed by atoms with Crippen molar-refractivity contribution in [3.05, 3.63) is 22.4 Å². The first-order valence-corrected chi connectivity index (χ1v) is 11.5. The van der Waals surface area contributed by atoms with Gasteiger partial charge in [0.25, 0.3) is 5.91 Å². The molecule has 2 atom stereocenters. The Hall–Kier alpha value is -1.89. The normalized spacial score (nSPS) is 28.8. The highest BCUT2D eigenvalue weighted by molar-refractivity contribution is 7.09. The molecule has 3 heterocycles. The lowest BCUT2D eigenvalue weighted by Crippen LogP contribution is -2.67. The Morgan fingerprint density at radius 2 is 1.86 bits per heavy atom. The zero-order valence-electron chi connectivity index (χ0n) is 16.1. The highest BCUT2D eigenvalue weighted by Gasteiger charge is 2.55. The molecule has 150 valence electrons. The Morgan fingerprint density at radius 1 is 1.07 bits per heavy atom. The number of rotatable bonds is 4. The maximum absolute atomic E-state index is 13.5. The van der Waals surface area contributed by atoms with E-state index in [9.17, 15) is 14.4 Å². The molecule has 5 rings (SSSR count). The van der Waals surface area contributed by atoms with E-state index in [2.05, 4.69) is 0 Å². The second kappa shape index (κ2) is 7.17. The summed E-state index contributed by atoms with van der Waals surface area (Å²) in [4.78, 5) is 46.2. The van der Waals surface area contributed by atoms with Gasteiger partial charge in [-0.25, -0.2) is 4.79 Å². The van der Waals surface area contributed by atoms with Crippen LogP contribution in [-0.2, 0) is 16.1 Å². The van der Waals surface area contributed by atoms with Crippen molar-refractivity contribution in [3.8, 4) is 0 Å². The van der Waals surface area contributed by atoms with Gasteiger partial charge in [0, 0.05) is 23.4 Å². The van der Waals surface area contributed by atoms with Crippen LogP contribution in [0.25, 0.3) is 0 Å². The van der Waals surface area contributed by atoms with Gasteiger partial charge in [-0.3, -0.25) is 14.5 Å². The van der Waals surface area contributed by atoms with Crippen LogP contribution in [0.3, 0.4) is 0 Å². The average Bonchev–Trinajstić information content (AvgIpc) is 3.25. The summed E-state index contributed by atoms with van der Waals surface area (Å²) in [5, 5.41) is 2.02. The third-order valence-corrected chi connectivity index (χ3v) is 7.63. The standard InChI is InChI=1S/C21H27N3O3S/c25-19(14-8-9-14)22-11-10-17-18(22)20(26)24(15-5-2-1-3-6-15)21(27)23(17)13-16-7-4-12-28-16/h4,7,12,14-15,17-18H,1-3,5-6,8-11,13H2/t17-,18-/m0/s1. The lowest BCUT2D eigenvalue weighted by molar-refractivity contribution is -0.148. The van der Waals surface area contributed by atoms with Gasteiger partial charge < -0.3 is 9.80 Å². The van der Waals surface area contributed by atoms with Crippen molar-refractivity contribution in [1.82, 2.24) is 14.7 Å². The molecule has 0 radical (unpaired) electrons. The lowest BCUT2D eigenvalue weighted by Gasteiger charge is -2.46. The quantitative estimate of drug-likeness (QED) is 0.778. The van der Waals surface area contributed by atoms with Gasteiger partial charge in [-0.1, -0.05) is 25.3 Å². The number of hydrogen-bond donors (Lipinski definition) is 0. The predicted octanol–water partition coefficient (Wildman–Crippen LogP) is 3.22. The van der Waals surface area contributed by atoms with E-state index in [1.807, 2.05) is 22.4 Å². The summed E-state index contributed by atoms with van der Waals surface area (Å²) in [6, 6.07) is 3.19. The molecule has 4 aliphatic rings. The minimum Gasteiger partial charge on any atom is -0.328 e. The van der Waals surface area contributed by atoms with E-state index >= 15 is 0 Å². The van der Waals surface area contributed by atoms with Crippen LogP contribution < -0.4 is 0 Å². The molecular formula is C21H27N3O3S. The Kier molecular flexibility index (Phi) is 4.65. The molecule has 0 unspecified atom stereocenters. The van der Waals surface area contributed by atoms with Gasteiger partial charge in [-0.2, -0.15) is 0 Å². The highest BCUT2D eigenvalue weighted by atomic mass is 32.1. The van der Waals surface area contributed by atoms with Gasteiger partial charge in [-0.15, -0.1) is 11.3 Å². The molecule has 2 aliphatic carbocycles. The molecule has 0 aromatic carbocycles. The summed E-state index contributed by atoms with van der Waals surface area (Å²) in [7, 11) is 0. The highest BCUT2D eigenvalue weighted by Crippen LogP contribution is 2.39. The molecule has 2 aliphatic heterocycles. The molecule has 0 N–H and O–H groups in total. The van der Waals surface area contributed by atoms with E-state index < -0.39 is 6.04 Å². The topological polar surface area (TPSA) is 60.9 Å². The van der Waals surface area contributed by atoms with Gasteiger partial charge in [0.1, 0.15) is 6.04 Å². The van der Waals surface area contributed by atoms with E-state index in [1.54, 1.807) is 16.2 Å². The van der Waals surface area contributed by atoms with Crippen LogP contribution in [0.4, 0.5) is 4.79 Å². The van der Waals surface area contributed by atoms with Gasteiger partial charge >= 0.3 is 6.03 Å². The number of fused-ring (bicyclic) bond motifs is 1. The molecule has 2 saturated carbocycles. The summed E-state index contributed by atoms with van der Waals surface area (Å²) in [5.74, 6) is 0.0868. The third kappa shape index (κ3) is 3.04. The van der Waals surface area contributed by atoms with Crippen LogP contribution in [0, 0.1) is 5.92 Å². The van der Waals surface area contributed by atoms with Crippen molar-refractivity contribution in [3.63, 3.8) is 0 Å². The zero-order valence-corrected chi connectivity index (χ0v) is 16.9. The van der Waals surface area contributed by atoms with Crippen LogP contribution in [0.2, 0.25) is 0 Å². The zero-order chi connectivity index (χ0) is 19.3. The van der Waals surface area contributed by atoms with Crippen LogP contribution in [0.15, 0.2) is 17.5 Å². The fraction of sp³-hybridized carbons (Fsp3) is 0.667. The summed E-state index contributed by atoms with van der Waals surface area (Å²) >= 11 is 1.63. The number of hydrogen-bond acceptors (Lipinski definition) is 4. The van der Waals surface area contributed by atoms with Crippen molar-refractivity contribution in [2.24, 2.45) is 5.92 Å². The van der Waals surface area contributed by atoms with E-state index in [0.29, 0.717) is 19.5 Å². The van der Waals surface area contributed by atoms with Crippen LogP contribution in [-0.4, -0.2) is 57.2 Å². The second-order valence-corrected chi connectivity index (χ2v) is 9.63. The van der Waals surface area contributed by atoms with Gasteiger partial charge in [-0.05, 0) is 43.6 Å². The minimum absolute atomic E-state index is 0.0148. The summed E-state index contributed by atoms with van der Waals surface area (Å²) in [5.41, 5.74) is 0. The number of imide groups is 1. The summed E-state index contributed by atoms with van der Waals surface area (Å²) in [6.45, 7) is 1.11. The number of carbonyl (C=O) groups excluding carboxylic acids is 3. The Labute approximate surface area is 169 Å². The van der Waals surface area contributed by atoms with Crippen LogP contribution >= 0.6 is 11.3 Å². The Bertz CT molecular complexity index is 770. The van der Waals surface area contributed by atoms with E-state index in [0.717, 1.165) is 43.4 Å². The van der Waals surface area contributed by atoms with E-state index in [1.165, 1.54) is 11.3 Å². The van der Waals surface area contributed by atoms with Crippen molar-refractivity contribution in [2.75, 3.05) is 6.54 Å². The number of thiophene rings is 1. The van der Waals surface area contributed by atoms with Gasteiger partial charge in [0.15, 0.2) is 0 Å². The number of amides is 4. The van der Waals surface area contributed by atoms with Crippen LogP contribution in [0.1, 0.15) is 56.2 Å². The first-order chi connectivity index (χ1) is 13.6. The maximum atomic E-state index is 13.5. The lowest BCUT2D eigenvalue weighted by atomic mass is 9.92. The van der Waals surface area contributed by atoms with Crippen molar-refractivity contribution in [2.45, 2.75) is 76.0 Å². The maximum Gasteiger partial charge on any atom is 0.327 e. The van der Waals surface area contributed by atoms with Gasteiger partial charge in [0.2, 0.25) is 5.91 Å². The Morgan fingerprint density at radius 3 is 2.54 bits per heavy atom. The fourth-order valence-electron chi connectivity index (χ4n) is 5.16. The molecule has 28 heavy (non-hydrogen) atoms. The van der Waals surface area contributed by atoms with E-state index in [4.69, 9.17) is 0 Å². The molecule has 0 spiro atoms.